The maximum absolute atomic E-state index is 12.9. The van der Waals surface area contributed by atoms with Crippen LogP contribution in [-0.2, 0) is 14.8 Å². The molecule has 1 amide bonds. The van der Waals surface area contributed by atoms with Crippen molar-refractivity contribution in [2.45, 2.75) is 17.7 Å². The fraction of sp³-hybridized carbons (Fsp3) is 0.381. The molecular formula is C21H25N3O4S. The molecule has 0 aromatic heterocycles. The molecule has 2 aliphatic heterocycles. The van der Waals surface area contributed by atoms with Crippen LogP contribution in [0.25, 0.3) is 0 Å². The van der Waals surface area contributed by atoms with E-state index in [0.717, 1.165) is 31.6 Å². The van der Waals surface area contributed by atoms with Gasteiger partial charge >= 0.3 is 0 Å². The zero-order chi connectivity index (χ0) is 20.3. The van der Waals surface area contributed by atoms with E-state index in [1.807, 2.05) is 24.3 Å². The lowest BCUT2D eigenvalue weighted by Gasteiger charge is -2.30. The molecule has 4 rings (SSSR count). The highest BCUT2D eigenvalue weighted by molar-refractivity contribution is 7.89. The first-order valence-corrected chi connectivity index (χ1v) is 11.3. The Morgan fingerprint density at radius 3 is 2.41 bits per heavy atom. The van der Waals surface area contributed by atoms with Gasteiger partial charge in [-0.15, -0.1) is 0 Å². The van der Waals surface area contributed by atoms with Crippen molar-refractivity contribution in [3.05, 3.63) is 54.1 Å². The summed E-state index contributed by atoms with van der Waals surface area (Å²) in [6, 6.07) is 13.9. The topological polar surface area (TPSA) is 79.0 Å². The van der Waals surface area contributed by atoms with E-state index in [1.54, 1.807) is 18.2 Å². The van der Waals surface area contributed by atoms with Crippen LogP contribution in [0.3, 0.4) is 0 Å². The number of para-hydroxylation sites is 2. The quantitative estimate of drug-likeness (QED) is 0.812. The Bertz CT molecular complexity index is 981. The molecule has 0 saturated carbocycles. The van der Waals surface area contributed by atoms with Gasteiger partial charge in [0.05, 0.1) is 29.5 Å². The number of hydrogen-bond acceptors (Lipinski definition) is 5. The Kier molecular flexibility index (Phi) is 5.84. The van der Waals surface area contributed by atoms with Crippen molar-refractivity contribution < 1.29 is 17.9 Å². The van der Waals surface area contributed by atoms with Crippen LogP contribution >= 0.6 is 0 Å². The smallest absolute Gasteiger partial charge is 0.255 e. The van der Waals surface area contributed by atoms with Gasteiger partial charge in [0.1, 0.15) is 0 Å². The van der Waals surface area contributed by atoms with E-state index in [-0.39, 0.29) is 10.8 Å². The molecule has 7 nitrogen and oxygen atoms in total. The summed E-state index contributed by atoms with van der Waals surface area (Å²) in [5.41, 5.74) is 1.96. The Morgan fingerprint density at radius 1 is 0.931 bits per heavy atom. The maximum Gasteiger partial charge on any atom is 0.255 e. The molecule has 0 unspecified atom stereocenters. The minimum atomic E-state index is -3.56. The summed E-state index contributed by atoms with van der Waals surface area (Å²) in [5.74, 6) is -0.329. The molecule has 29 heavy (non-hydrogen) atoms. The molecule has 2 aliphatic rings. The molecule has 2 aromatic rings. The van der Waals surface area contributed by atoms with Gasteiger partial charge in [0.2, 0.25) is 10.0 Å². The van der Waals surface area contributed by atoms with Crippen molar-refractivity contribution in [1.82, 2.24) is 4.31 Å². The number of morpholine rings is 1. The van der Waals surface area contributed by atoms with Crippen LogP contribution in [-0.4, -0.2) is 58.0 Å². The number of nitrogens with zero attached hydrogens (tertiary/aromatic N) is 2. The second-order valence-corrected chi connectivity index (χ2v) is 9.15. The first kappa shape index (κ1) is 19.9. The van der Waals surface area contributed by atoms with E-state index in [9.17, 15) is 13.2 Å². The summed E-state index contributed by atoms with van der Waals surface area (Å²) in [5, 5.41) is 2.94. The van der Waals surface area contributed by atoms with Crippen LogP contribution in [0.4, 0.5) is 11.4 Å². The average molecular weight is 416 g/mol. The Hall–Kier alpha value is -2.42. The number of anilines is 2. The number of rotatable bonds is 5. The molecule has 2 saturated heterocycles. The molecule has 0 spiro atoms. The second-order valence-electron chi connectivity index (χ2n) is 7.21. The normalized spacial score (nSPS) is 18.0. The van der Waals surface area contributed by atoms with Gasteiger partial charge in [-0.3, -0.25) is 4.79 Å². The molecule has 8 heteroatoms. The van der Waals surface area contributed by atoms with Crippen molar-refractivity contribution in [2.24, 2.45) is 0 Å². The van der Waals surface area contributed by atoms with Gasteiger partial charge in [-0.2, -0.15) is 4.31 Å². The van der Waals surface area contributed by atoms with Crippen LogP contribution in [0.15, 0.2) is 53.4 Å². The average Bonchev–Trinajstić information content (AvgIpc) is 3.31. The third-order valence-corrected chi connectivity index (χ3v) is 7.20. The molecule has 0 radical (unpaired) electrons. The van der Waals surface area contributed by atoms with Gasteiger partial charge < -0.3 is 15.0 Å². The molecule has 2 aromatic carbocycles. The zero-order valence-corrected chi connectivity index (χ0v) is 17.0. The summed E-state index contributed by atoms with van der Waals surface area (Å²) in [6.07, 6.45) is 1.75. The highest BCUT2D eigenvalue weighted by atomic mass is 32.2. The second kappa shape index (κ2) is 8.52. The number of ether oxygens (including phenoxy) is 1. The number of carbonyl (C=O) groups is 1. The maximum atomic E-state index is 12.9. The van der Waals surface area contributed by atoms with Gasteiger partial charge in [0, 0.05) is 31.7 Å². The van der Waals surface area contributed by atoms with Crippen molar-refractivity contribution in [2.75, 3.05) is 49.6 Å². The monoisotopic (exact) mass is 415 g/mol. The third kappa shape index (κ3) is 4.29. The summed E-state index contributed by atoms with van der Waals surface area (Å²) in [7, 11) is -3.56. The number of benzene rings is 2. The third-order valence-electron chi connectivity index (χ3n) is 5.30. The van der Waals surface area contributed by atoms with Gasteiger partial charge in [0.15, 0.2) is 0 Å². The SMILES string of the molecule is O=C(Nc1ccccc1N1CCOCC1)c1cccc(S(=O)(=O)N2CCCC2)c1. The predicted molar refractivity (Wildman–Crippen MR) is 112 cm³/mol. The molecule has 0 aliphatic carbocycles. The minimum Gasteiger partial charge on any atom is -0.378 e. The number of hydrogen-bond donors (Lipinski definition) is 1. The number of carbonyl (C=O) groups excluding carboxylic acids is 1. The Balaban J connectivity index is 1.55. The van der Waals surface area contributed by atoms with Gasteiger partial charge in [-0.25, -0.2) is 8.42 Å². The van der Waals surface area contributed by atoms with Gasteiger partial charge in [0.25, 0.3) is 5.91 Å². The van der Waals surface area contributed by atoms with E-state index >= 15 is 0 Å². The van der Waals surface area contributed by atoms with Gasteiger partial charge in [-0.05, 0) is 43.2 Å². The predicted octanol–water partition coefficient (Wildman–Crippen LogP) is 2.56. The van der Waals surface area contributed by atoms with Gasteiger partial charge in [-0.1, -0.05) is 18.2 Å². The van der Waals surface area contributed by atoms with E-state index in [0.29, 0.717) is 37.6 Å². The molecule has 0 bridgehead atoms. The number of sulfonamides is 1. The molecule has 0 atom stereocenters. The largest absolute Gasteiger partial charge is 0.378 e. The lowest BCUT2D eigenvalue weighted by molar-refractivity contribution is 0.102. The highest BCUT2D eigenvalue weighted by Crippen LogP contribution is 2.27. The Labute approximate surface area is 171 Å². The summed E-state index contributed by atoms with van der Waals surface area (Å²) >= 11 is 0. The molecule has 154 valence electrons. The minimum absolute atomic E-state index is 0.161. The fourth-order valence-electron chi connectivity index (χ4n) is 3.73. The molecule has 2 fully saturated rings. The van der Waals surface area contributed by atoms with Crippen LogP contribution in [0.2, 0.25) is 0 Å². The fourth-order valence-corrected chi connectivity index (χ4v) is 5.29. The van der Waals surface area contributed by atoms with Crippen LogP contribution in [0.5, 0.6) is 0 Å². The zero-order valence-electron chi connectivity index (χ0n) is 16.2. The number of nitrogens with one attached hydrogen (secondary N) is 1. The van der Waals surface area contributed by atoms with E-state index in [2.05, 4.69) is 10.2 Å². The van der Waals surface area contributed by atoms with Crippen molar-refractivity contribution in [3.8, 4) is 0 Å². The van der Waals surface area contributed by atoms with E-state index in [4.69, 9.17) is 4.74 Å². The Morgan fingerprint density at radius 2 is 1.66 bits per heavy atom. The van der Waals surface area contributed by atoms with E-state index < -0.39 is 10.0 Å². The highest BCUT2D eigenvalue weighted by Gasteiger charge is 2.27. The first-order chi connectivity index (χ1) is 14.1. The lowest BCUT2D eigenvalue weighted by Crippen LogP contribution is -2.36. The number of amides is 1. The van der Waals surface area contributed by atoms with Crippen LogP contribution in [0.1, 0.15) is 23.2 Å². The van der Waals surface area contributed by atoms with Crippen LogP contribution in [0, 0.1) is 0 Å². The lowest BCUT2D eigenvalue weighted by atomic mass is 10.2. The van der Waals surface area contributed by atoms with E-state index in [1.165, 1.54) is 10.4 Å². The standard InChI is InChI=1S/C21H25N3O4S/c25-21(22-19-8-1-2-9-20(19)23-12-14-28-15-13-23)17-6-5-7-18(16-17)29(26,27)24-10-3-4-11-24/h1-2,5-9,16H,3-4,10-15H2,(H,22,25). The first-order valence-electron chi connectivity index (χ1n) is 9.89. The van der Waals surface area contributed by atoms with Crippen LogP contribution < -0.4 is 10.2 Å². The molecule has 1 N–H and O–H groups in total. The van der Waals surface area contributed by atoms with Crippen molar-refractivity contribution >= 4 is 27.3 Å². The van der Waals surface area contributed by atoms with Crippen molar-refractivity contribution in [1.29, 1.82) is 0 Å². The summed E-state index contributed by atoms with van der Waals surface area (Å²) in [4.78, 5) is 15.2. The molecular weight excluding hydrogens is 390 g/mol. The van der Waals surface area contributed by atoms with Crippen molar-refractivity contribution in [3.63, 3.8) is 0 Å². The summed E-state index contributed by atoms with van der Waals surface area (Å²) in [6.45, 7) is 3.89. The summed E-state index contributed by atoms with van der Waals surface area (Å²) < 4.78 is 32.5. The molecule has 2 heterocycles.